The Morgan fingerprint density at radius 3 is 2.50 bits per heavy atom. The molecule has 0 spiro atoms. The Bertz CT molecular complexity index is 296. The van der Waals surface area contributed by atoms with E-state index in [1.165, 1.54) is 4.31 Å². The third-order valence-corrected chi connectivity index (χ3v) is 3.40. The van der Waals surface area contributed by atoms with Crippen LogP contribution in [-0.2, 0) is 15.0 Å². The average Bonchev–Trinajstić information content (AvgIpc) is 2.16. The molecule has 0 saturated carbocycles. The number of carbonyl (C=O) groups is 1. The maximum atomic E-state index is 11.5. The van der Waals surface area contributed by atoms with E-state index in [9.17, 15) is 13.2 Å². The maximum Gasteiger partial charge on any atom is 0.280 e. The third kappa shape index (κ3) is 3.22. The molecule has 1 saturated heterocycles. The molecule has 1 fully saturated rings. The van der Waals surface area contributed by atoms with Gasteiger partial charge in [0.1, 0.15) is 0 Å². The van der Waals surface area contributed by atoms with Gasteiger partial charge in [-0.1, -0.05) is 0 Å². The zero-order valence-electron chi connectivity index (χ0n) is 7.69. The third-order valence-electron chi connectivity index (χ3n) is 1.84. The first kappa shape index (κ1) is 11.4. The molecule has 0 aromatic carbocycles. The standard InChI is InChI=1S/C6H14N4O3S/c7-6(11)5-9-14(12,13)10-3-1-8-2-4-10/h8-9H,1-5H2,(H2,7,11). The molecule has 0 bridgehead atoms. The largest absolute Gasteiger partial charge is 0.369 e. The SMILES string of the molecule is NC(=O)CNS(=O)(=O)N1CCNCC1. The molecule has 82 valence electrons. The maximum absolute atomic E-state index is 11.5. The highest BCUT2D eigenvalue weighted by atomic mass is 32.2. The fraction of sp³-hybridized carbons (Fsp3) is 0.833. The number of hydrogen-bond acceptors (Lipinski definition) is 4. The Morgan fingerprint density at radius 2 is 2.00 bits per heavy atom. The van der Waals surface area contributed by atoms with Gasteiger partial charge in [-0.25, -0.2) is 0 Å². The molecule has 0 radical (unpaired) electrons. The van der Waals surface area contributed by atoms with Crippen LogP contribution < -0.4 is 15.8 Å². The lowest BCUT2D eigenvalue weighted by molar-refractivity contribution is -0.116. The van der Waals surface area contributed by atoms with Crippen LogP contribution in [0.2, 0.25) is 0 Å². The Hall–Kier alpha value is -0.700. The first-order chi connectivity index (χ1) is 6.52. The van der Waals surface area contributed by atoms with Gasteiger partial charge in [-0.05, 0) is 0 Å². The van der Waals surface area contributed by atoms with E-state index >= 15 is 0 Å². The van der Waals surface area contributed by atoms with Gasteiger partial charge >= 0.3 is 0 Å². The Balaban J connectivity index is 2.50. The molecule has 4 N–H and O–H groups in total. The van der Waals surface area contributed by atoms with Crippen molar-refractivity contribution in [1.82, 2.24) is 14.3 Å². The van der Waals surface area contributed by atoms with E-state index in [2.05, 4.69) is 10.0 Å². The number of rotatable bonds is 4. The Morgan fingerprint density at radius 1 is 1.43 bits per heavy atom. The van der Waals surface area contributed by atoms with Gasteiger partial charge in [0.05, 0.1) is 6.54 Å². The smallest absolute Gasteiger partial charge is 0.280 e. The van der Waals surface area contributed by atoms with Crippen molar-refractivity contribution in [2.24, 2.45) is 5.73 Å². The molecular formula is C6H14N4O3S. The summed E-state index contributed by atoms with van der Waals surface area (Å²) in [5, 5.41) is 3.03. The van der Waals surface area contributed by atoms with Gasteiger partial charge in [0.25, 0.3) is 10.2 Å². The first-order valence-electron chi connectivity index (χ1n) is 4.26. The molecular weight excluding hydrogens is 208 g/mol. The highest BCUT2D eigenvalue weighted by Gasteiger charge is 2.23. The van der Waals surface area contributed by atoms with Gasteiger partial charge < -0.3 is 11.1 Å². The minimum atomic E-state index is -3.54. The summed E-state index contributed by atoms with van der Waals surface area (Å²) >= 11 is 0. The molecule has 14 heavy (non-hydrogen) atoms. The van der Waals surface area contributed by atoms with E-state index in [1.807, 2.05) is 0 Å². The molecule has 7 nitrogen and oxygen atoms in total. The lowest BCUT2D eigenvalue weighted by Crippen LogP contribution is -2.51. The van der Waals surface area contributed by atoms with Gasteiger partial charge in [-0.3, -0.25) is 4.79 Å². The molecule has 1 aliphatic rings. The van der Waals surface area contributed by atoms with Gasteiger partial charge in [-0.15, -0.1) is 0 Å². The monoisotopic (exact) mass is 222 g/mol. The van der Waals surface area contributed by atoms with Crippen molar-refractivity contribution in [1.29, 1.82) is 0 Å². The van der Waals surface area contributed by atoms with Crippen molar-refractivity contribution in [3.63, 3.8) is 0 Å². The second-order valence-corrected chi connectivity index (χ2v) is 4.70. The van der Waals surface area contributed by atoms with E-state index < -0.39 is 16.1 Å². The van der Waals surface area contributed by atoms with Crippen molar-refractivity contribution in [3.05, 3.63) is 0 Å². The van der Waals surface area contributed by atoms with Crippen LogP contribution in [-0.4, -0.2) is 51.4 Å². The molecule has 0 aromatic heterocycles. The summed E-state index contributed by atoms with van der Waals surface area (Å²) in [6, 6.07) is 0. The van der Waals surface area contributed by atoms with Crippen molar-refractivity contribution in [2.75, 3.05) is 32.7 Å². The van der Waals surface area contributed by atoms with Crippen LogP contribution in [0.4, 0.5) is 0 Å². The number of nitrogens with zero attached hydrogens (tertiary/aromatic N) is 1. The summed E-state index contributed by atoms with van der Waals surface area (Å²) in [6.45, 7) is 1.71. The van der Waals surface area contributed by atoms with Crippen LogP contribution >= 0.6 is 0 Å². The summed E-state index contributed by atoms with van der Waals surface area (Å²) < 4.78 is 26.3. The summed E-state index contributed by atoms with van der Waals surface area (Å²) in [6.07, 6.45) is 0. The molecule has 1 amide bonds. The fourth-order valence-corrected chi connectivity index (χ4v) is 2.31. The second kappa shape index (κ2) is 4.69. The number of piperazine rings is 1. The summed E-state index contributed by atoms with van der Waals surface area (Å²) in [7, 11) is -3.54. The topological polar surface area (TPSA) is 105 Å². The van der Waals surface area contributed by atoms with E-state index in [4.69, 9.17) is 5.73 Å². The normalized spacial score (nSPS) is 19.4. The minimum absolute atomic E-state index is 0.355. The lowest BCUT2D eigenvalue weighted by Gasteiger charge is -2.26. The van der Waals surface area contributed by atoms with E-state index in [-0.39, 0.29) is 6.54 Å². The van der Waals surface area contributed by atoms with Crippen LogP contribution in [0.1, 0.15) is 0 Å². The molecule has 1 heterocycles. The number of amides is 1. The second-order valence-electron chi connectivity index (χ2n) is 2.94. The van der Waals surface area contributed by atoms with Crippen molar-refractivity contribution >= 4 is 16.1 Å². The highest BCUT2D eigenvalue weighted by molar-refractivity contribution is 7.87. The number of carbonyl (C=O) groups excluding carboxylic acids is 1. The van der Waals surface area contributed by atoms with Gasteiger partial charge in [0.15, 0.2) is 0 Å². The van der Waals surface area contributed by atoms with E-state index in [1.54, 1.807) is 0 Å². The van der Waals surface area contributed by atoms with Crippen LogP contribution in [0.15, 0.2) is 0 Å². The Labute approximate surface area is 82.8 Å². The number of primary amides is 1. The van der Waals surface area contributed by atoms with Crippen LogP contribution in [0, 0.1) is 0 Å². The van der Waals surface area contributed by atoms with Crippen molar-refractivity contribution < 1.29 is 13.2 Å². The van der Waals surface area contributed by atoms with E-state index in [0.717, 1.165) is 0 Å². The van der Waals surface area contributed by atoms with Crippen molar-refractivity contribution in [3.8, 4) is 0 Å². The molecule has 0 aliphatic carbocycles. The predicted molar refractivity (Wildman–Crippen MR) is 50.6 cm³/mol. The summed E-state index contributed by atoms with van der Waals surface area (Å²) in [5.74, 6) is -0.691. The highest BCUT2D eigenvalue weighted by Crippen LogP contribution is 1.98. The summed E-state index contributed by atoms with van der Waals surface area (Å²) in [4.78, 5) is 10.4. The molecule has 0 unspecified atom stereocenters. The molecule has 1 rings (SSSR count). The quantitative estimate of drug-likeness (QED) is 0.478. The number of nitrogens with one attached hydrogen (secondary N) is 2. The van der Waals surface area contributed by atoms with Crippen LogP contribution in [0.5, 0.6) is 0 Å². The molecule has 1 aliphatic heterocycles. The van der Waals surface area contributed by atoms with Crippen molar-refractivity contribution in [2.45, 2.75) is 0 Å². The van der Waals surface area contributed by atoms with Gasteiger partial charge in [0.2, 0.25) is 5.91 Å². The zero-order valence-corrected chi connectivity index (χ0v) is 8.51. The zero-order chi connectivity index (χ0) is 10.6. The minimum Gasteiger partial charge on any atom is -0.369 e. The van der Waals surface area contributed by atoms with Crippen LogP contribution in [0.25, 0.3) is 0 Å². The van der Waals surface area contributed by atoms with Gasteiger partial charge in [0, 0.05) is 26.2 Å². The van der Waals surface area contributed by atoms with Crippen LogP contribution in [0.3, 0.4) is 0 Å². The molecule has 0 aromatic rings. The lowest BCUT2D eigenvalue weighted by atomic mass is 10.4. The first-order valence-corrected chi connectivity index (χ1v) is 5.70. The summed E-state index contributed by atoms with van der Waals surface area (Å²) in [5.41, 5.74) is 4.83. The molecule has 8 heteroatoms. The average molecular weight is 222 g/mol. The fourth-order valence-electron chi connectivity index (χ4n) is 1.14. The Kier molecular flexibility index (Phi) is 3.81. The van der Waals surface area contributed by atoms with E-state index in [0.29, 0.717) is 26.2 Å². The number of nitrogens with two attached hydrogens (primary N) is 1. The predicted octanol–water partition coefficient (Wildman–Crippen LogP) is -2.79. The number of hydrogen-bond donors (Lipinski definition) is 3. The molecule has 0 atom stereocenters. The van der Waals surface area contributed by atoms with Gasteiger partial charge in [-0.2, -0.15) is 17.4 Å².